The van der Waals surface area contributed by atoms with Crippen LogP contribution >= 0.6 is 11.6 Å². The summed E-state index contributed by atoms with van der Waals surface area (Å²) in [6, 6.07) is 5.43. The van der Waals surface area contributed by atoms with Crippen LogP contribution in [-0.4, -0.2) is 20.1 Å². The molecule has 1 atom stereocenters. The van der Waals surface area contributed by atoms with Crippen molar-refractivity contribution in [2.24, 2.45) is 0 Å². The summed E-state index contributed by atoms with van der Waals surface area (Å²) in [6.07, 6.45) is 0.424. The normalized spacial score (nSPS) is 12.0. The maximum Gasteiger partial charge on any atom is 0.220 e. The second-order valence-corrected chi connectivity index (χ2v) is 4.10. The first-order valence-corrected chi connectivity index (χ1v) is 5.50. The molecule has 0 bridgehead atoms. The van der Waals surface area contributed by atoms with E-state index in [4.69, 9.17) is 16.3 Å². The topological polar surface area (TPSA) is 38.3 Å². The van der Waals surface area contributed by atoms with E-state index in [0.717, 1.165) is 11.3 Å². The van der Waals surface area contributed by atoms with Gasteiger partial charge in [-0.15, -0.1) is 0 Å². The fourth-order valence-electron chi connectivity index (χ4n) is 1.58. The Morgan fingerprint density at radius 1 is 1.56 bits per heavy atom. The molecule has 4 heteroatoms. The Bertz CT molecular complexity index is 379. The number of ether oxygens (including phenoxy) is 1. The van der Waals surface area contributed by atoms with Crippen molar-refractivity contribution in [2.45, 2.75) is 19.3 Å². The molecule has 0 saturated heterocycles. The molecule has 0 radical (unpaired) electrons. The van der Waals surface area contributed by atoms with Gasteiger partial charge in [0.05, 0.1) is 7.11 Å². The summed E-state index contributed by atoms with van der Waals surface area (Å²) < 4.78 is 5.25. The molecule has 0 saturated carbocycles. The number of nitrogens with one attached hydrogen (secondary N) is 1. The van der Waals surface area contributed by atoms with Crippen molar-refractivity contribution in [3.63, 3.8) is 0 Å². The Labute approximate surface area is 101 Å². The molecule has 0 fully saturated rings. The lowest BCUT2D eigenvalue weighted by Crippen LogP contribution is -2.19. The largest absolute Gasteiger partial charge is 0.496 e. The number of carbonyl (C=O) groups is 1. The number of rotatable bonds is 4. The molecule has 1 aromatic carbocycles. The second-order valence-electron chi connectivity index (χ2n) is 3.66. The van der Waals surface area contributed by atoms with Crippen molar-refractivity contribution in [3.05, 3.63) is 28.8 Å². The number of hydrogen-bond donors (Lipinski definition) is 1. The quantitative estimate of drug-likeness (QED) is 0.880. The average Bonchev–Trinajstić information content (AvgIpc) is 2.28. The van der Waals surface area contributed by atoms with Crippen molar-refractivity contribution in [3.8, 4) is 5.75 Å². The second kappa shape index (κ2) is 5.75. The number of carbonyl (C=O) groups excluding carboxylic acids is 1. The van der Waals surface area contributed by atoms with E-state index in [-0.39, 0.29) is 11.8 Å². The van der Waals surface area contributed by atoms with Gasteiger partial charge in [0, 0.05) is 18.5 Å². The summed E-state index contributed by atoms with van der Waals surface area (Å²) in [5, 5.41) is 3.26. The van der Waals surface area contributed by atoms with Gasteiger partial charge >= 0.3 is 0 Å². The number of methoxy groups -OCH3 is 1. The lowest BCUT2D eigenvalue weighted by Gasteiger charge is -2.15. The van der Waals surface area contributed by atoms with Crippen LogP contribution in [0.15, 0.2) is 18.2 Å². The molecule has 16 heavy (non-hydrogen) atoms. The van der Waals surface area contributed by atoms with Crippen LogP contribution in [0.4, 0.5) is 0 Å². The average molecular weight is 242 g/mol. The fourth-order valence-corrected chi connectivity index (χ4v) is 1.76. The third-order valence-corrected chi connectivity index (χ3v) is 2.73. The van der Waals surface area contributed by atoms with E-state index in [1.165, 1.54) is 0 Å². The van der Waals surface area contributed by atoms with E-state index in [0.29, 0.717) is 11.4 Å². The smallest absolute Gasteiger partial charge is 0.220 e. The summed E-state index contributed by atoms with van der Waals surface area (Å²) in [5.74, 6) is 0.851. The van der Waals surface area contributed by atoms with Crippen LogP contribution in [0, 0.1) is 0 Å². The lowest BCUT2D eigenvalue weighted by molar-refractivity contribution is -0.120. The Kier molecular flexibility index (Phi) is 4.62. The molecule has 0 heterocycles. The molecule has 3 nitrogen and oxygen atoms in total. The van der Waals surface area contributed by atoms with Crippen LogP contribution in [0.25, 0.3) is 0 Å². The van der Waals surface area contributed by atoms with Gasteiger partial charge in [0.15, 0.2) is 0 Å². The SMILES string of the molecule is CNC(=O)CC(C)c1cc(Cl)ccc1OC. The number of amides is 1. The number of hydrogen-bond acceptors (Lipinski definition) is 2. The first-order valence-electron chi connectivity index (χ1n) is 5.12. The van der Waals surface area contributed by atoms with Crippen molar-refractivity contribution in [1.82, 2.24) is 5.32 Å². The highest BCUT2D eigenvalue weighted by atomic mass is 35.5. The molecule has 0 spiro atoms. The third-order valence-electron chi connectivity index (χ3n) is 2.49. The summed E-state index contributed by atoms with van der Waals surface area (Å²) in [5.41, 5.74) is 0.957. The van der Waals surface area contributed by atoms with Crippen LogP contribution in [0.3, 0.4) is 0 Å². The first kappa shape index (κ1) is 12.8. The zero-order valence-corrected chi connectivity index (χ0v) is 10.5. The zero-order chi connectivity index (χ0) is 12.1. The summed E-state index contributed by atoms with van der Waals surface area (Å²) in [4.78, 5) is 11.3. The monoisotopic (exact) mass is 241 g/mol. The molecular weight excluding hydrogens is 226 g/mol. The van der Waals surface area contributed by atoms with Crippen LogP contribution in [-0.2, 0) is 4.79 Å². The Hall–Kier alpha value is -1.22. The molecule has 0 aliphatic heterocycles. The van der Waals surface area contributed by atoms with Crippen molar-refractivity contribution in [2.75, 3.05) is 14.2 Å². The van der Waals surface area contributed by atoms with Crippen LogP contribution in [0.5, 0.6) is 5.75 Å². The highest BCUT2D eigenvalue weighted by molar-refractivity contribution is 6.30. The molecular formula is C12H16ClNO2. The number of halogens is 1. The molecule has 88 valence electrons. The summed E-state index contributed by atoms with van der Waals surface area (Å²) in [6.45, 7) is 1.98. The molecule has 1 amide bonds. The Balaban J connectivity index is 2.92. The molecule has 1 rings (SSSR count). The van der Waals surface area contributed by atoms with Gasteiger partial charge in [-0.1, -0.05) is 18.5 Å². The van der Waals surface area contributed by atoms with Gasteiger partial charge < -0.3 is 10.1 Å². The van der Waals surface area contributed by atoms with Gasteiger partial charge in [0.25, 0.3) is 0 Å². The van der Waals surface area contributed by atoms with E-state index < -0.39 is 0 Å². The Morgan fingerprint density at radius 2 is 2.25 bits per heavy atom. The highest BCUT2D eigenvalue weighted by Crippen LogP contribution is 2.31. The predicted octanol–water partition coefficient (Wildman–Crippen LogP) is 2.59. The minimum absolute atomic E-state index is 0.00882. The molecule has 1 unspecified atom stereocenters. The van der Waals surface area contributed by atoms with E-state index in [9.17, 15) is 4.79 Å². The van der Waals surface area contributed by atoms with E-state index in [2.05, 4.69) is 5.32 Å². The van der Waals surface area contributed by atoms with Gasteiger partial charge in [-0.2, -0.15) is 0 Å². The minimum Gasteiger partial charge on any atom is -0.496 e. The van der Waals surface area contributed by atoms with Crippen molar-refractivity contribution < 1.29 is 9.53 Å². The number of benzene rings is 1. The molecule has 0 aliphatic carbocycles. The fraction of sp³-hybridized carbons (Fsp3) is 0.417. The molecule has 1 aromatic rings. The standard InChI is InChI=1S/C12H16ClNO2/c1-8(6-12(15)14-2)10-7-9(13)4-5-11(10)16-3/h4-5,7-8H,6H2,1-3H3,(H,14,15). The van der Waals surface area contributed by atoms with E-state index in [1.807, 2.05) is 19.1 Å². The minimum atomic E-state index is 0.00882. The van der Waals surface area contributed by atoms with Crippen LogP contribution in [0.1, 0.15) is 24.8 Å². The first-order chi connectivity index (χ1) is 7.58. The lowest BCUT2D eigenvalue weighted by atomic mass is 9.96. The molecule has 0 aromatic heterocycles. The van der Waals surface area contributed by atoms with Crippen molar-refractivity contribution >= 4 is 17.5 Å². The van der Waals surface area contributed by atoms with Gasteiger partial charge in [-0.05, 0) is 29.7 Å². The maximum atomic E-state index is 11.3. The van der Waals surface area contributed by atoms with E-state index in [1.54, 1.807) is 20.2 Å². The van der Waals surface area contributed by atoms with Gasteiger partial charge in [-0.3, -0.25) is 4.79 Å². The highest BCUT2D eigenvalue weighted by Gasteiger charge is 2.14. The van der Waals surface area contributed by atoms with Crippen molar-refractivity contribution in [1.29, 1.82) is 0 Å². The van der Waals surface area contributed by atoms with Gasteiger partial charge in [-0.25, -0.2) is 0 Å². The van der Waals surface area contributed by atoms with Gasteiger partial charge in [0.1, 0.15) is 5.75 Å². The van der Waals surface area contributed by atoms with Crippen LogP contribution < -0.4 is 10.1 Å². The summed E-state index contributed by atoms with van der Waals surface area (Å²) >= 11 is 5.93. The molecule has 0 aliphatic rings. The molecule has 1 N–H and O–H groups in total. The Morgan fingerprint density at radius 3 is 2.81 bits per heavy atom. The third kappa shape index (κ3) is 3.14. The predicted molar refractivity (Wildman–Crippen MR) is 65.1 cm³/mol. The van der Waals surface area contributed by atoms with Gasteiger partial charge in [0.2, 0.25) is 5.91 Å². The van der Waals surface area contributed by atoms with Crippen LogP contribution in [0.2, 0.25) is 5.02 Å². The summed E-state index contributed by atoms with van der Waals surface area (Å²) in [7, 11) is 3.24. The zero-order valence-electron chi connectivity index (χ0n) is 9.71. The maximum absolute atomic E-state index is 11.3. The van der Waals surface area contributed by atoms with E-state index >= 15 is 0 Å².